The molecule has 226 valence electrons. The van der Waals surface area contributed by atoms with E-state index in [0.29, 0.717) is 34.3 Å². The van der Waals surface area contributed by atoms with Gasteiger partial charge in [-0.25, -0.2) is 9.07 Å². The van der Waals surface area contributed by atoms with Crippen LogP contribution in [0.2, 0.25) is 0 Å². The van der Waals surface area contributed by atoms with Crippen molar-refractivity contribution in [1.82, 2.24) is 20.0 Å². The molecule has 2 N–H and O–H groups in total. The Bertz CT molecular complexity index is 1930. The Morgan fingerprint density at radius 3 is 2.29 bits per heavy atom. The summed E-state index contributed by atoms with van der Waals surface area (Å²) in [6.45, 7) is 2.01. The lowest BCUT2D eigenvalue weighted by atomic mass is 10.00. The number of nitriles is 2. The average Bonchev–Trinajstić information content (AvgIpc) is 3.74. The van der Waals surface area contributed by atoms with E-state index in [1.165, 1.54) is 36.7 Å². The molecule has 0 spiro atoms. The summed E-state index contributed by atoms with van der Waals surface area (Å²) < 4.78 is 56.3. The number of hydrogen-bond donors (Lipinski definition) is 2. The molecule has 3 aromatic carbocycles. The highest BCUT2D eigenvalue weighted by Crippen LogP contribution is 2.55. The highest BCUT2D eigenvalue weighted by molar-refractivity contribution is 5.99. The molecule has 1 aliphatic carbocycles. The van der Waals surface area contributed by atoms with Crippen molar-refractivity contribution in [1.29, 1.82) is 10.5 Å². The lowest BCUT2D eigenvalue weighted by Gasteiger charge is -2.23. The van der Waals surface area contributed by atoms with Gasteiger partial charge in [-0.15, -0.1) is 5.10 Å². The van der Waals surface area contributed by atoms with Crippen molar-refractivity contribution in [3.8, 4) is 12.1 Å². The molecule has 0 radical (unpaired) electrons. The molecular formula is C33H26F4N8. The second-order valence-electron chi connectivity index (χ2n) is 11.0. The number of halogens is 4. The summed E-state index contributed by atoms with van der Waals surface area (Å²) in [4.78, 5) is 4.41. The monoisotopic (exact) mass is 610 g/mol. The van der Waals surface area contributed by atoms with Gasteiger partial charge in [-0.05, 0) is 54.7 Å². The number of alkyl halides is 3. The maximum absolute atomic E-state index is 13.9. The van der Waals surface area contributed by atoms with Crippen molar-refractivity contribution in [3.63, 3.8) is 0 Å². The molecule has 1 aliphatic rings. The van der Waals surface area contributed by atoms with Crippen LogP contribution in [0.3, 0.4) is 0 Å². The van der Waals surface area contributed by atoms with Crippen LogP contribution in [0.4, 0.5) is 28.9 Å². The highest BCUT2D eigenvalue weighted by atomic mass is 19.4. The predicted molar refractivity (Wildman–Crippen MR) is 159 cm³/mol. The molecule has 2 heterocycles. The summed E-state index contributed by atoms with van der Waals surface area (Å²) in [6, 6.07) is 21.9. The highest BCUT2D eigenvalue weighted by Gasteiger charge is 2.66. The second-order valence-corrected chi connectivity index (χ2v) is 11.0. The Morgan fingerprint density at radius 1 is 0.956 bits per heavy atom. The van der Waals surface area contributed by atoms with Crippen LogP contribution in [0.15, 0.2) is 79.1 Å². The zero-order valence-electron chi connectivity index (χ0n) is 24.0. The van der Waals surface area contributed by atoms with Gasteiger partial charge in [-0.2, -0.15) is 23.7 Å². The van der Waals surface area contributed by atoms with E-state index in [0.717, 1.165) is 10.2 Å². The van der Waals surface area contributed by atoms with E-state index in [1.807, 2.05) is 37.3 Å². The number of nitrogens with zero attached hydrogens (tertiary/aromatic N) is 6. The molecule has 2 aromatic heterocycles. The standard InChI is InChI=1S/C33H26F4N8/c1-2-27(20-6-4-3-5-7-20)42-30-23(17-39)18-40-29-22(16-38)14-25(15-26(29)30)41-31(21-8-10-24(34)11-9-21)28-19-45(44-43-28)32(12-13-32)33(35,36)37/h3-11,14-15,18-19,27,31,41H,2,12-13H2,1H3,(H,40,42)/t27-,31?/m1/s1. The number of nitrogens with one attached hydrogen (secondary N) is 2. The maximum atomic E-state index is 13.9. The maximum Gasteiger partial charge on any atom is 0.413 e. The van der Waals surface area contributed by atoms with Crippen LogP contribution >= 0.6 is 0 Å². The van der Waals surface area contributed by atoms with E-state index < -0.39 is 23.6 Å². The molecule has 45 heavy (non-hydrogen) atoms. The molecule has 8 nitrogen and oxygen atoms in total. The average molecular weight is 611 g/mol. The minimum atomic E-state index is -4.50. The molecule has 5 aromatic rings. The van der Waals surface area contributed by atoms with Crippen LogP contribution in [0.25, 0.3) is 10.9 Å². The zero-order valence-corrected chi connectivity index (χ0v) is 24.0. The third-order valence-corrected chi connectivity index (χ3v) is 8.15. The Labute approximate surface area is 255 Å². The van der Waals surface area contributed by atoms with Gasteiger partial charge in [0.15, 0.2) is 5.54 Å². The van der Waals surface area contributed by atoms with Gasteiger partial charge in [0.05, 0.1) is 40.6 Å². The summed E-state index contributed by atoms with van der Waals surface area (Å²) in [5.41, 5.74) is 1.36. The van der Waals surface area contributed by atoms with Crippen LogP contribution in [0.1, 0.15) is 66.2 Å². The minimum absolute atomic E-state index is 0.101. The number of fused-ring (bicyclic) bond motifs is 1. The summed E-state index contributed by atoms with van der Waals surface area (Å²) in [5, 5.41) is 35.2. The largest absolute Gasteiger partial charge is 0.413 e. The second kappa shape index (κ2) is 11.5. The molecule has 0 bridgehead atoms. The normalized spacial score (nSPS) is 15.1. The van der Waals surface area contributed by atoms with Gasteiger partial charge in [-0.3, -0.25) is 4.98 Å². The number of hydrogen-bond acceptors (Lipinski definition) is 7. The summed E-state index contributed by atoms with van der Waals surface area (Å²) in [7, 11) is 0. The first kappa shape index (κ1) is 29.6. The SMILES string of the molecule is CC[C@@H](Nc1c(C#N)cnc2c(C#N)cc(NC(c3ccc(F)cc3)c3cn(C4(C(F)(F)F)CC4)nn3)cc12)c1ccccc1. The Hall–Kier alpha value is -5.49. The van der Waals surface area contributed by atoms with Crippen LogP contribution < -0.4 is 10.6 Å². The van der Waals surface area contributed by atoms with Crippen molar-refractivity contribution in [3.05, 3.63) is 113 Å². The van der Waals surface area contributed by atoms with Crippen molar-refractivity contribution in [2.24, 2.45) is 0 Å². The van der Waals surface area contributed by atoms with E-state index >= 15 is 0 Å². The van der Waals surface area contributed by atoms with Gasteiger partial charge in [-0.1, -0.05) is 54.6 Å². The quantitative estimate of drug-likeness (QED) is 0.166. The molecule has 1 unspecified atom stereocenters. The molecule has 1 fully saturated rings. The van der Waals surface area contributed by atoms with Gasteiger partial charge in [0.1, 0.15) is 23.6 Å². The summed E-state index contributed by atoms with van der Waals surface area (Å²) >= 11 is 0. The van der Waals surface area contributed by atoms with Gasteiger partial charge in [0.2, 0.25) is 0 Å². The van der Waals surface area contributed by atoms with Gasteiger partial charge in [0.25, 0.3) is 0 Å². The molecule has 2 atom stereocenters. The molecule has 0 amide bonds. The van der Waals surface area contributed by atoms with Gasteiger partial charge in [0, 0.05) is 17.3 Å². The fourth-order valence-corrected chi connectivity index (χ4v) is 5.52. The smallest absolute Gasteiger partial charge is 0.377 e. The van der Waals surface area contributed by atoms with E-state index in [1.54, 1.807) is 12.1 Å². The third-order valence-electron chi connectivity index (χ3n) is 8.15. The van der Waals surface area contributed by atoms with E-state index in [9.17, 15) is 28.1 Å². The molecule has 12 heteroatoms. The van der Waals surface area contributed by atoms with Gasteiger partial charge >= 0.3 is 6.18 Å². The Morgan fingerprint density at radius 2 is 1.67 bits per heavy atom. The lowest BCUT2D eigenvalue weighted by Crippen LogP contribution is -2.35. The number of anilines is 2. The first-order valence-electron chi connectivity index (χ1n) is 14.3. The van der Waals surface area contributed by atoms with Crippen molar-refractivity contribution in [2.75, 3.05) is 10.6 Å². The summed E-state index contributed by atoms with van der Waals surface area (Å²) in [6.07, 6.45) is -1.33. The van der Waals surface area contributed by atoms with Crippen LogP contribution in [-0.2, 0) is 5.54 Å². The lowest BCUT2D eigenvalue weighted by molar-refractivity contribution is -0.182. The third kappa shape index (κ3) is 5.51. The molecule has 6 rings (SSSR count). The van der Waals surface area contributed by atoms with Gasteiger partial charge < -0.3 is 10.6 Å². The number of benzene rings is 3. The predicted octanol–water partition coefficient (Wildman–Crippen LogP) is 7.52. The van der Waals surface area contributed by atoms with Crippen molar-refractivity contribution < 1.29 is 17.6 Å². The number of aromatic nitrogens is 4. The van der Waals surface area contributed by atoms with Crippen LogP contribution in [-0.4, -0.2) is 26.2 Å². The number of rotatable bonds is 9. The van der Waals surface area contributed by atoms with Crippen LogP contribution in [0, 0.1) is 28.5 Å². The fourth-order valence-electron chi connectivity index (χ4n) is 5.52. The topological polar surface area (TPSA) is 115 Å². The zero-order chi connectivity index (χ0) is 31.8. The fraction of sp³-hybridized carbons (Fsp3) is 0.242. The van der Waals surface area contributed by atoms with Crippen molar-refractivity contribution >= 4 is 22.3 Å². The molecular weight excluding hydrogens is 584 g/mol. The van der Waals surface area contributed by atoms with E-state index in [-0.39, 0.29) is 35.7 Å². The molecule has 0 saturated heterocycles. The first-order valence-corrected chi connectivity index (χ1v) is 14.3. The molecule has 0 aliphatic heterocycles. The first-order chi connectivity index (χ1) is 21.7. The van der Waals surface area contributed by atoms with E-state index in [4.69, 9.17) is 0 Å². The van der Waals surface area contributed by atoms with Crippen molar-refractivity contribution in [2.45, 2.75) is 50.0 Å². The number of pyridine rings is 1. The summed E-state index contributed by atoms with van der Waals surface area (Å²) in [5.74, 6) is -0.484. The minimum Gasteiger partial charge on any atom is -0.377 e. The Kier molecular flexibility index (Phi) is 7.59. The van der Waals surface area contributed by atoms with Crippen LogP contribution in [0.5, 0.6) is 0 Å². The Balaban J connectivity index is 1.45. The van der Waals surface area contributed by atoms with E-state index in [2.05, 4.69) is 38.1 Å². The molecule has 1 saturated carbocycles.